The normalized spacial score (nSPS) is 12.2. The lowest BCUT2D eigenvalue weighted by molar-refractivity contribution is 0.390. The van der Waals surface area contributed by atoms with Crippen LogP contribution in [0.25, 0.3) is 0 Å². The van der Waals surface area contributed by atoms with Crippen molar-refractivity contribution in [2.24, 2.45) is 5.73 Å². The van der Waals surface area contributed by atoms with Crippen LogP contribution in [-0.4, -0.2) is 25.7 Å². The average molecular weight is 292 g/mol. The van der Waals surface area contributed by atoms with Crippen LogP contribution in [0.2, 0.25) is 0 Å². The fourth-order valence-electron chi connectivity index (χ4n) is 2.12. The van der Waals surface area contributed by atoms with Crippen LogP contribution in [0.1, 0.15) is 22.2 Å². The third-order valence-electron chi connectivity index (χ3n) is 3.23. The minimum atomic E-state index is 0.219. The Morgan fingerprint density at radius 1 is 1.30 bits per heavy atom. The number of thiazole rings is 1. The molecule has 0 saturated heterocycles. The van der Waals surface area contributed by atoms with E-state index in [0.29, 0.717) is 6.54 Å². The summed E-state index contributed by atoms with van der Waals surface area (Å²) >= 11 is 1.67. The van der Waals surface area contributed by atoms with Crippen molar-refractivity contribution in [3.05, 3.63) is 39.8 Å². The Hall–Kier alpha value is -1.59. The molecule has 1 atom stereocenters. The molecular weight excluding hydrogens is 272 g/mol. The molecule has 2 aromatic rings. The van der Waals surface area contributed by atoms with Gasteiger partial charge in [0, 0.05) is 29.6 Å². The Balaban J connectivity index is 2.23. The molecule has 4 nitrogen and oxygen atoms in total. The molecule has 0 spiro atoms. The van der Waals surface area contributed by atoms with Gasteiger partial charge in [0.2, 0.25) is 0 Å². The van der Waals surface area contributed by atoms with Gasteiger partial charge in [0.1, 0.15) is 11.5 Å². The third-order valence-corrected chi connectivity index (χ3v) is 4.36. The van der Waals surface area contributed by atoms with Crippen molar-refractivity contribution in [2.45, 2.75) is 19.3 Å². The summed E-state index contributed by atoms with van der Waals surface area (Å²) in [4.78, 5) is 4.54. The van der Waals surface area contributed by atoms with Crippen molar-refractivity contribution in [1.82, 2.24) is 4.98 Å². The van der Waals surface area contributed by atoms with Crippen LogP contribution in [0.3, 0.4) is 0 Å². The van der Waals surface area contributed by atoms with Crippen LogP contribution in [0.15, 0.2) is 23.6 Å². The first kappa shape index (κ1) is 14.8. The summed E-state index contributed by atoms with van der Waals surface area (Å²) in [6.07, 6.45) is 0.816. The first-order chi connectivity index (χ1) is 9.67. The van der Waals surface area contributed by atoms with Crippen LogP contribution in [0.4, 0.5) is 0 Å². The first-order valence-corrected chi connectivity index (χ1v) is 7.39. The van der Waals surface area contributed by atoms with Crippen molar-refractivity contribution in [2.75, 3.05) is 20.8 Å². The Morgan fingerprint density at radius 2 is 2.10 bits per heavy atom. The Bertz CT molecular complexity index is 569. The van der Waals surface area contributed by atoms with Crippen LogP contribution in [0.5, 0.6) is 11.5 Å². The van der Waals surface area contributed by atoms with E-state index in [4.69, 9.17) is 15.2 Å². The van der Waals surface area contributed by atoms with Crippen molar-refractivity contribution in [3.63, 3.8) is 0 Å². The zero-order valence-corrected chi connectivity index (χ0v) is 12.9. The van der Waals surface area contributed by atoms with E-state index in [2.05, 4.69) is 10.4 Å². The quantitative estimate of drug-likeness (QED) is 0.889. The molecule has 0 bridgehead atoms. The van der Waals surface area contributed by atoms with E-state index in [1.54, 1.807) is 25.6 Å². The summed E-state index contributed by atoms with van der Waals surface area (Å²) in [6.45, 7) is 2.57. The number of hydrogen-bond donors (Lipinski definition) is 1. The molecule has 1 aromatic carbocycles. The van der Waals surface area contributed by atoms with Crippen molar-refractivity contribution < 1.29 is 9.47 Å². The van der Waals surface area contributed by atoms with Crippen LogP contribution >= 0.6 is 11.3 Å². The van der Waals surface area contributed by atoms with Gasteiger partial charge >= 0.3 is 0 Å². The number of nitrogens with two attached hydrogens (primary N) is 1. The molecule has 0 saturated carbocycles. The van der Waals surface area contributed by atoms with E-state index in [1.807, 2.05) is 25.1 Å². The second-order valence-electron chi connectivity index (χ2n) is 4.64. The maximum atomic E-state index is 5.91. The van der Waals surface area contributed by atoms with Gasteiger partial charge in [0.25, 0.3) is 0 Å². The standard InChI is InChI=1S/C15H20N2O2S/c1-10-9-20-15(17-10)12(8-16)6-11-4-5-13(18-2)7-14(11)19-3/h4-5,7,9,12H,6,8,16H2,1-3H3. The summed E-state index contributed by atoms with van der Waals surface area (Å²) in [5.74, 6) is 1.84. The van der Waals surface area contributed by atoms with E-state index in [-0.39, 0.29) is 5.92 Å². The molecular formula is C15H20N2O2S. The van der Waals surface area contributed by atoms with Crippen LogP contribution in [-0.2, 0) is 6.42 Å². The molecule has 1 aromatic heterocycles. The van der Waals surface area contributed by atoms with Gasteiger partial charge in [-0.2, -0.15) is 0 Å². The Kier molecular flexibility index (Phi) is 4.98. The van der Waals surface area contributed by atoms with Crippen LogP contribution in [0, 0.1) is 6.92 Å². The third kappa shape index (κ3) is 3.29. The fourth-order valence-corrected chi connectivity index (χ4v) is 3.03. The molecule has 1 unspecified atom stereocenters. The maximum Gasteiger partial charge on any atom is 0.125 e. The summed E-state index contributed by atoms with van der Waals surface area (Å²) in [7, 11) is 3.32. The van der Waals surface area contributed by atoms with Gasteiger partial charge in [-0.15, -0.1) is 11.3 Å². The molecule has 0 amide bonds. The highest BCUT2D eigenvalue weighted by atomic mass is 32.1. The van der Waals surface area contributed by atoms with Crippen molar-refractivity contribution in [3.8, 4) is 11.5 Å². The summed E-state index contributed by atoms with van der Waals surface area (Å²) < 4.78 is 10.7. The lowest BCUT2D eigenvalue weighted by atomic mass is 9.99. The number of methoxy groups -OCH3 is 2. The SMILES string of the molecule is COc1ccc(CC(CN)c2nc(C)cs2)c(OC)c1. The number of benzene rings is 1. The molecule has 0 aliphatic rings. The van der Waals surface area contributed by atoms with Crippen LogP contribution < -0.4 is 15.2 Å². The predicted molar refractivity (Wildman–Crippen MR) is 81.9 cm³/mol. The lowest BCUT2D eigenvalue weighted by Gasteiger charge is -2.15. The monoisotopic (exact) mass is 292 g/mol. The number of nitrogens with zero attached hydrogens (tertiary/aromatic N) is 1. The molecule has 2 rings (SSSR count). The molecule has 0 radical (unpaired) electrons. The molecule has 5 heteroatoms. The fraction of sp³-hybridized carbons (Fsp3) is 0.400. The Morgan fingerprint density at radius 3 is 2.65 bits per heavy atom. The molecule has 108 valence electrons. The summed E-state index contributed by atoms with van der Waals surface area (Å²) in [5, 5.41) is 3.14. The number of hydrogen-bond acceptors (Lipinski definition) is 5. The zero-order valence-electron chi connectivity index (χ0n) is 12.1. The van der Waals surface area contributed by atoms with Gasteiger partial charge in [-0.05, 0) is 25.0 Å². The predicted octanol–water partition coefficient (Wildman–Crippen LogP) is 2.75. The van der Waals surface area contributed by atoms with Gasteiger partial charge in [-0.1, -0.05) is 6.07 Å². The van der Waals surface area contributed by atoms with Crippen molar-refractivity contribution in [1.29, 1.82) is 0 Å². The zero-order chi connectivity index (χ0) is 14.5. The average Bonchev–Trinajstić information content (AvgIpc) is 2.91. The minimum absolute atomic E-state index is 0.219. The Labute approximate surface area is 123 Å². The van der Waals surface area contributed by atoms with Gasteiger partial charge in [0.05, 0.1) is 19.2 Å². The number of aryl methyl sites for hydroxylation is 1. The van der Waals surface area contributed by atoms with Gasteiger partial charge in [-0.25, -0.2) is 4.98 Å². The van der Waals surface area contributed by atoms with E-state index < -0.39 is 0 Å². The largest absolute Gasteiger partial charge is 0.497 e. The number of rotatable bonds is 6. The summed E-state index contributed by atoms with van der Waals surface area (Å²) in [6, 6.07) is 5.87. The molecule has 1 heterocycles. The number of ether oxygens (including phenoxy) is 2. The highest BCUT2D eigenvalue weighted by molar-refractivity contribution is 7.09. The highest BCUT2D eigenvalue weighted by Crippen LogP contribution is 2.30. The first-order valence-electron chi connectivity index (χ1n) is 6.51. The van der Waals surface area contributed by atoms with E-state index in [9.17, 15) is 0 Å². The smallest absolute Gasteiger partial charge is 0.125 e. The van der Waals surface area contributed by atoms with E-state index >= 15 is 0 Å². The van der Waals surface area contributed by atoms with E-state index in [0.717, 1.165) is 34.2 Å². The molecule has 20 heavy (non-hydrogen) atoms. The lowest BCUT2D eigenvalue weighted by Crippen LogP contribution is -2.15. The number of aromatic nitrogens is 1. The molecule has 0 fully saturated rings. The van der Waals surface area contributed by atoms with Gasteiger partial charge < -0.3 is 15.2 Å². The highest BCUT2D eigenvalue weighted by Gasteiger charge is 2.17. The second-order valence-corrected chi connectivity index (χ2v) is 5.53. The van der Waals surface area contributed by atoms with Gasteiger partial charge in [-0.3, -0.25) is 0 Å². The molecule has 0 aliphatic carbocycles. The molecule has 2 N–H and O–H groups in total. The van der Waals surface area contributed by atoms with Crippen molar-refractivity contribution >= 4 is 11.3 Å². The molecule has 0 aliphatic heterocycles. The topological polar surface area (TPSA) is 57.4 Å². The second kappa shape index (κ2) is 6.72. The summed E-state index contributed by atoms with van der Waals surface area (Å²) in [5.41, 5.74) is 8.08. The van der Waals surface area contributed by atoms with E-state index in [1.165, 1.54) is 0 Å². The maximum absolute atomic E-state index is 5.91. The minimum Gasteiger partial charge on any atom is -0.497 e. The van der Waals surface area contributed by atoms with Gasteiger partial charge in [0.15, 0.2) is 0 Å².